The van der Waals surface area contributed by atoms with Gasteiger partial charge in [0.05, 0.1) is 0 Å². The van der Waals surface area contributed by atoms with Crippen LogP contribution in [0.2, 0.25) is 0 Å². The molecule has 1 aromatic carbocycles. The quantitative estimate of drug-likeness (QED) is 0.767. The molecule has 18 heavy (non-hydrogen) atoms. The Morgan fingerprint density at radius 3 is 2.67 bits per heavy atom. The number of thioether (sulfide) groups is 1. The summed E-state index contributed by atoms with van der Waals surface area (Å²) in [6, 6.07) is 5.68. The zero-order chi connectivity index (χ0) is 13.5. The van der Waals surface area contributed by atoms with Gasteiger partial charge in [-0.1, -0.05) is 19.9 Å². The van der Waals surface area contributed by atoms with Gasteiger partial charge in [-0.3, -0.25) is 0 Å². The van der Waals surface area contributed by atoms with Gasteiger partial charge in [0.1, 0.15) is 5.82 Å². The third-order valence-electron chi connectivity index (χ3n) is 2.56. The molecule has 1 aromatic rings. The fourth-order valence-corrected chi connectivity index (χ4v) is 2.69. The van der Waals surface area contributed by atoms with Crippen LogP contribution in [0.15, 0.2) is 23.1 Å². The van der Waals surface area contributed by atoms with Crippen LogP contribution in [-0.2, 0) is 6.54 Å². The van der Waals surface area contributed by atoms with E-state index >= 15 is 0 Å². The normalized spacial score (nSPS) is 11.5. The summed E-state index contributed by atoms with van der Waals surface area (Å²) in [6.07, 6.45) is 0. The van der Waals surface area contributed by atoms with E-state index in [0.29, 0.717) is 12.6 Å². The molecular formula is C14H23FN2S. The highest BCUT2D eigenvalue weighted by molar-refractivity contribution is 7.99. The molecule has 2 nitrogen and oxygen atoms in total. The molecule has 0 aliphatic carbocycles. The molecule has 0 aliphatic rings. The topological polar surface area (TPSA) is 15.3 Å². The number of hydrogen-bond acceptors (Lipinski definition) is 3. The smallest absolute Gasteiger partial charge is 0.128 e. The van der Waals surface area contributed by atoms with E-state index in [9.17, 15) is 4.39 Å². The molecule has 0 saturated heterocycles. The van der Waals surface area contributed by atoms with Crippen LogP contribution in [0.3, 0.4) is 0 Å². The zero-order valence-electron chi connectivity index (χ0n) is 11.7. The molecule has 0 saturated carbocycles. The maximum atomic E-state index is 13.8. The number of rotatable bonds is 7. The Morgan fingerprint density at radius 1 is 1.33 bits per heavy atom. The van der Waals surface area contributed by atoms with Crippen molar-refractivity contribution < 1.29 is 4.39 Å². The summed E-state index contributed by atoms with van der Waals surface area (Å²) in [5, 5.41) is 3.28. The molecule has 0 radical (unpaired) electrons. The highest BCUT2D eigenvalue weighted by atomic mass is 32.2. The molecule has 0 heterocycles. The Bertz CT molecular complexity index is 367. The third-order valence-corrected chi connectivity index (χ3v) is 3.64. The lowest BCUT2D eigenvalue weighted by Crippen LogP contribution is -2.23. The monoisotopic (exact) mass is 270 g/mol. The Hall–Kier alpha value is -0.580. The highest BCUT2D eigenvalue weighted by Crippen LogP contribution is 2.24. The average Bonchev–Trinajstić information content (AvgIpc) is 2.27. The number of nitrogens with zero attached hydrogens (tertiary/aromatic N) is 1. The molecular weight excluding hydrogens is 247 g/mol. The second-order valence-electron chi connectivity index (χ2n) is 4.90. The van der Waals surface area contributed by atoms with Crippen molar-refractivity contribution in [3.8, 4) is 0 Å². The van der Waals surface area contributed by atoms with E-state index in [-0.39, 0.29) is 5.82 Å². The van der Waals surface area contributed by atoms with Crippen molar-refractivity contribution >= 4 is 11.8 Å². The van der Waals surface area contributed by atoms with E-state index in [0.717, 1.165) is 22.8 Å². The maximum absolute atomic E-state index is 13.8. The second-order valence-corrected chi connectivity index (χ2v) is 6.04. The first-order chi connectivity index (χ1) is 8.50. The van der Waals surface area contributed by atoms with Crippen LogP contribution >= 0.6 is 11.8 Å². The van der Waals surface area contributed by atoms with E-state index < -0.39 is 0 Å². The van der Waals surface area contributed by atoms with Gasteiger partial charge in [0.15, 0.2) is 0 Å². The molecule has 1 N–H and O–H groups in total. The fraction of sp³-hybridized carbons (Fsp3) is 0.571. The Morgan fingerprint density at radius 2 is 2.06 bits per heavy atom. The lowest BCUT2D eigenvalue weighted by Gasteiger charge is -2.14. The minimum atomic E-state index is -0.113. The van der Waals surface area contributed by atoms with Crippen molar-refractivity contribution in [2.75, 3.05) is 26.4 Å². The summed E-state index contributed by atoms with van der Waals surface area (Å²) in [7, 11) is 4.10. The summed E-state index contributed by atoms with van der Waals surface area (Å²) < 4.78 is 13.8. The van der Waals surface area contributed by atoms with Gasteiger partial charge >= 0.3 is 0 Å². The third kappa shape index (κ3) is 5.38. The predicted molar refractivity (Wildman–Crippen MR) is 77.7 cm³/mol. The van der Waals surface area contributed by atoms with Crippen LogP contribution in [0.1, 0.15) is 19.4 Å². The number of benzene rings is 1. The van der Waals surface area contributed by atoms with Gasteiger partial charge in [-0.25, -0.2) is 4.39 Å². The van der Waals surface area contributed by atoms with Crippen molar-refractivity contribution in [1.29, 1.82) is 0 Å². The molecule has 4 heteroatoms. The second kappa shape index (κ2) is 7.77. The van der Waals surface area contributed by atoms with Gasteiger partial charge in [-0.05, 0) is 26.2 Å². The molecule has 0 spiro atoms. The highest BCUT2D eigenvalue weighted by Gasteiger charge is 2.09. The van der Waals surface area contributed by atoms with Crippen LogP contribution in [0.4, 0.5) is 4.39 Å². The standard InChI is InChI=1S/C14H23FN2S/c1-11(2)16-10-12-13(15)6-5-7-14(12)18-9-8-17(3)4/h5-7,11,16H,8-10H2,1-4H3. The lowest BCUT2D eigenvalue weighted by molar-refractivity contribution is 0.437. The van der Waals surface area contributed by atoms with Crippen LogP contribution in [0, 0.1) is 5.82 Å². The Labute approximate surface area is 114 Å². The SMILES string of the molecule is CC(C)NCc1c(F)cccc1SCCN(C)C. The van der Waals surface area contributed by atoms with Crippen LogP contribution in [0.5, 0.6) is 0 Å². The maximum Gasteiger partial charge on any atom is 0.128 e. The van der Waals surface area contributed by atoms with Crippen molar-refractivity contribution in [3.63, 3.8) is 0 Å². The molecule has 0 aromatic heterocycles. The van der Waals surface area contributed by atoms with E-state index in [1.54, 1.807) is 17.8 Å². The van der Waals surface area contributed by atoms with E-state index in [4.69, 9.17) is 0 Å². The van der Waals surface area contributed by atoms with Gasteiger partial charge in [0.2, 0.25) is 0 Å². The average molecular weight is 270 g/mol. The molecule has 1 rings (SSSR count). The summed E-state index contributed by atoms with van der Waals surface area (Å²) in [5.74, 6) is 0.864. The molecule has 0 fully saturated rings. The van der Waals surface area contributed by atoms with Crippen molar-refractivity contribution in [2.24, 2.45) is 0 Å². The van der Waals surface area contributed by atoms with Crippen molar-refractivity contribution in [1.82, 2.24) is 10.2 Å². The molecule has 0 atom stereocenters. The lowest BCUT2D eigenvalue weighted by atomic mass is 10.2. The molecule has 0 unspecified atom stereocenters. The van der Waals surface area contributed by atoms with Gasteiger partial charge in [0, 0.05) is 35.3 Å². The first kappa shape index (κ1) is 15.5. The summed E-state index contributed by atoms with van der Waals surface area (Å²) in [4.78, 5) is 3.18. The minimum absolute atomic E-state index is 0.113. The predicted octanol–water partition coefficient (Wildman–Crippen LogP) is 2.98. The van der Waals surface area contributed by atoms with E-state index in [1.807, 2.05) is 20.2 Å². The van der Waals surface area contributed by atoms with Crippen molar-refractivity contribution in [2.45, 2.75) is 31.3 Å². The summed E-state index contributed by atoms with van der Waals surface area (Å²) >= 11 is 1.72. The Kier molecular flexibility index (Phi) is 6.68. The Balaban J connectivity index is 2.67. The van der Waals surface area contributed by atoms with Crippen molar-refractivity contribution in [3.05, 3.63) is 29.6 Å². The largest absolute Gasteiger partial charge is 0.310 e. The molecule has 102 valence electrons. The molecule has 0 amide bonds. The number of halogens is 1. The van der Waals surface area contributed by atoms with Crippen LogP contribution in [-0.4, -0.2) is 37.3 Å². The summed E-state index contributed by atoms with van der Waals surface area (Å²) in [6.45, 7) is 5.73. The van der Waals surface area contributed by atoms with Crippen LogP contribution < -0.4 is 5.32 Å². The summed E-state index contributed by atoms with van der Waals surface area (Å²) in [5.41, 5.74) is 0.787. The fourth-order valence-electron chi connectivity index (χ4n) is 1.49. The number of hydrogen-bond donors (Lipinski definition) is 1. The van der Waals surface area contributed by atoms with E-state index in [2.05, 4.69) is 24.1 Å². The first-order valence-corrected chi connectivity index (χ1v) is 7.27. The van der Waals surface area contributed by atoms with E-state index in [1.165, 1.54) is 6.07 Å². The zero-order valence-corrected chi connectivity index (χ0v) is 12.5. The first-order valence-electron chi connectivity index (χ1n) is 6.29. The molecule has 0 aliphatic heterocycles. The van der Waals surface area contributed by atoms with Gasteiger partial charge < -0.3 is 10.2 Å². The minimum Gasteiger partial charge on any atom is -0.310 e. The van der Waals surface area contributed by atoms with Gasteiger partial charge in [-0.15, -0.1) is 11.8 Å². The van der Waals surface area contributed by atoms with Gasteiger partial charge in [-0.2, -0.15) is 0 Å². The van der Waals surface area contributed by atoms with Crippen LogP contribution in [0.25, 0.3) is 0 Å². The molecule has 0 bridgehead atoms. The van der Waals surface area contributed by atoms with Gasteiger partial charge in [0.25, 0.3) is 0 Å². The number of nitrogens with one attached hydrogen (secondary N) is 1.